The maximum atomic E-state index is 12.4. The van der Waals surface area contributed by atoms with Crippen molar-refractivity contribution in [2.75, 3.05) is 13.2 Å². The molecule has 5 nitrogen and oxygen atoms in total. The Morgan fingerprint density at radius 2 is 1.62 bits per heavy atom. The third-order valence-electron chi connectivity index (χ3n) is 1.79. The highest BCUT2D eigenvalue weighted by molar-refractivity contribution is 7.54. The SMILES string of the molecule is CCOP(=O)(OCC)[C@H](OC(C)=O)C(C)C. The Morgan fingerprint density at radius 1 is 1.19 bits per heavy atom. The van der Waals surface area contributed by atoms with Gasteiger partial charge in [0.25, 0.3) is 0 Å². The molecule has 0 aromatic heterocycles. The molecule has 16 heavy (non-hydrogen) atoms. The molecule has 1 atom stereocenters. The van der Waals surface area contributed by atoms with Gasteiger partial charge in [0.15, 0.2) is 0 Å². The van der Waals surface area contributed by atoms with Gasteiger partial charge in [-0.3, -0.25) is 9.36 Å². The predicted molar refractivity (Wildman–Crippen MR) is 61.3 cm³/mol. The van der Waals surface area contributed by atoms with E-state index in [1.807, 2.05) is 0 Å². The highest BCUT2D eigenvalue weighted by Gasteiger charge is 2.40. The van der Waals surface area contributed by atoms with E-state index in [9.17, 15) is 9.36 Å². The first kappa shape index (κ1) is 15.6. The molecule has 0 N–H and O–H groups in total. The van der Waals surface area contributed by atoms with Gasteiger partial charge in [0, 0.05) is 12.8 Å². The lowest BCUT2D eigenvalue weighted by Crippen LogP contribution is -2.25. The summed E-state index contributed by atoms with van der Waals surface area (Å²) in [7, 11) is -3.38. The quantitative estimate of drug-likeness (QED) is 0.515. The summed E-state index contributed by atoms with van der Waals surface area (Å²) >= 11 is 0. The summed E-state index contributed by atoms with van der Waals surface area (Å²) in [6.45, 7) is 8.82. The molecule has 0 aromatic rings. The summed E-state index contributed by atoms with van der Waals surface area (Å²) in [6.07, 6.45) is 0. The van der Waals surface area contributed by atoms with E-state index < -0.39 is 19.4 Å². The van der Waals surface area contributed by atoms with Gasteiger partial charge in [-0.15, -0.1) is 0 Å². The fraction of sp³-hybridized carbons (Fsp3) is 0.900. The number of rotatable bonds is 7. The first-order valence-electron chi connectivity index (χ1n) is 5.43. The van der Waals surface area contributed by atoms with Gasteiger partial charge < -0.3 is 13.8 Å². The fourth-order valence-corrected chi connectivity index (χ4v) is 3.38. The van der Waals surface area contributed by atoms with Gasteiger partial charge in [-0.05, 0) is 13.8 Å². The molecule has 6 heteroatoms. The zero-order valence-corrected chi connectivity index (χ0v) is 11.5. The van der Waals surface area contributed by atoms with Crippen LogP contribution in [0.1, 0.15) is 34.6 Å². The molecule has 96 valence electrons. The van der Waals surface area contributed by atoms with E-state index in [1.54, 1.807) is 27.7 Å². The largest absolute Gasteiger partial charge is 0.449 e. The van der Waals surface area contributed by atoms with Crippen LogP contribution in [0.3, 0.4) is 0 Å². The van der Waals surface area contributed by atoms with Crippen molar-refractivity contribution in [1.29, 1.82) is 0 Å². The highest BCUT2D eigenvalue weighted by Crippen LogP contribution is 2.55. The van der Waals surface area contributed by atoms with Crippen LogP contribution in [-0.2, 0) is 23.1 Å². The van der Waals surface area contributed by atoms with Gasteiger partial charge >= 0.3 is 13.6 Å². The molecule has 0 saturated heterocycles. The lowest BCUT2D eigenvalue weighted by Gasteiger charge is -2.28. The Labute approximate surface area is 97.0 Å². The highest BCUT2D eigenvalue weighted by atomic mass is 31.2. The number of ether oxygens (including phenoxy) is 1. The van der Waals surface area contributed by atoms with Crippen LogP contribution in [0.15, 0.2) is 0 Å². The maximum absolute atomic E-state index is 12.4. The van der Waals surface area contributed by atoms with Crippen molar-refractivity contribution in [3.63, 3.8) is 0 Å². The lowest BCUT2D eigenvalue weighted by atomic mass is 10.2. The molecule has 0 rings (SSSR count). The number of carbonyl (C=O) groups excluding carboxylic acids is 1. The third kappa shape index (κ3) is 4.64. The molecule has 0 unspecified atom stereocenters. The number of hydrogen-bond acceptors (Lipinski definition) is 5. The second kappa shape index (κ2) is 7.05. The second-order valence-corrected chi connectivity index (χ2v) is 5.72. The molecule has 0 fully saturated rings. The summed E-state index contributed by atoms with van der Waals surface area (Å²) in [6, 6.07) is 0. The standard InChI is InChI=1S/C10H21O5P/c1-6-13-16(12,14-7-2)10(8(3)4)15-9(5)11/h8,10H,6-7H2,1-5H3/t10-/m0/s1. The summed E-state index contributed by atoms with van der Waals surface area (Å²) in [5, 5.41) is 0. The number of esters is 1. The Kier molecular flexibility index (Phi) is 6.88. The van der Waals surface area contributed by atoms with Crippen molar-refractivity contribution in [2.45, 2.75) is 40.5 Å². The molecule has 0 amide bonds. The van der Waals surface area contributed by atoms with Crippen LogP contribution in [0.2, 0.25) is 0 Å². The van der Waals surface area contributed by atoms with Gasteiger partial charge in [-0.2, -0.15) is 0 Å². The molecule has 0 aromatic carbocycles. The fourth-order valence-electron chi connectivity index (χ4n) is 1.28. The van der Waals surface area contributed by atoms with Crippen molar-refractivity contribution in [1.82, 2.24) is 0 Å². The smallest absolute Gasteiger partial charge is 0.371 e. The van der Waals surface area contributed by atoms with Gasteiger partial charge in [-0.25, -0.2) is 0 Å². The van der Waals surface area contributed by atoms with Crippen molar-refractivity contribution in [2.24, 2.45) is 5.92 Å². The molecule has 0 aliphatic rings. The van der Waals surface area contributed by atoms with Gasteiger partial charge in [-0.1, -0.05) is 13.8 Å². The Hall–Kier alpha value is -0.380. The van der Waals surface area contributed by atoms with Gasteiger partial charge in [0.1, 0.15) is 0 Å². The van der Waals surface area contributed by atoms with E-state index in [0.717, 1.165) is 0 Å². The van der Waals surface area contributed by atoms with Crippen LogP contribution in [0.5, 0.6) is 0 Å². The Balaban J connectivity index is 4.93. The van der Waals surface area contributed by atoms with E-state index in [4.69, 9.17) is 13.8 Å². The monoisotopic (exact) mass is 252 g/mol. The molecule has 0 spiro atoms. The van der Waals surface area contributed by atoms with Crippen molar-refractivity contribution >= 4 is 13.6 Å². The zero-order chi connectivity index (χ0) is 12.8. The summed E-state index contributed by atoms with van der Waals surface area (Å²) < 4.78 is 27.7. The lowest BCUT2D eigenvalue weighted by molar-refractivity contribution is -0.145. The normalized spacial score (nSPS) is 13.9. The molecular weight excluding hydrogens is 231 g/mol. The average Bonchev–Trinajstić information content (AvgIpc) is 2.14. The van der Waals surface area contributed by atoms with Crippen LogP contribution >= 0.6 is 7.60 Å². The van der Waals surface area contributed by atoms with Crippen LogP contribution in [0.25, 0.3) is 0 Å². The molecule has 0 aliphatic heterocycles. The molecular formula is C10H21O5P. The minimum absolute atomic E-state index is 0.132. The maximum Gasteiger partial charge on any atom is 0.371 e. The minimum Gasteiger partial charge on any atom is -0.449 e. The summed E-state index contributed by atoms with van der Waals surface area (Å²) in [4.78, 5) is 11.0. The van der Waals surface area contributed by atoms with E-state index >= 15 is 0 Å². The summed E-state index contributed by atoms with van der Waals surface area (Å²) in [5.41, 5.74) is 0. The molecule has 0 radical (unpaired) electrons. The van der Waals surface area contributed by atoms with Crippen LogP contribution in [0, 0.1) is 5.92 Å². The zero-order valence-electron chi connectivity index (χ0n) is 10.6. The molecule has 0 bridgehead atoms. The first-order chi connectivity index (χ1) is 7.37. The van der Waals surface area contributed by atoms with E-state index in [-0.39, 0.29) is 19.1 Å². The second-order valence-electron chi connectivity index (χ2n) is 3.62. The van der Waals surface area contributed by atoms with Crippen molar-refractivity contribution < 1.29 is 23.1 Å². The Bertz CT molecular complexity index is 254. The number of carbonyl (C=O) groups is 1. The molecule has 0 saturated carbocycles. The van der Waals surface area contributed by atoms with Crippen LogP contribution < -0.4 is 0 Å². The van der Waals surface area contributed by atoms with Crippen LogP contribution in [0.4, 0.5) is 0 Å². The predicted octanol–water partition coefficient (Wildman–Crippen LogP) is 2.80. The van der Waals surface area contributed by atoms with Gasteiger partial charge in [0.05, 0.1) is 13.2 Å². The first-order valence-corrected chi connectivity index (χ1v) is 7.04. The topological polar surface area (TPSA) is 61.8 Å². The molecule has 0 heterocycles. The van der Waals surface area contributed by atoms with E-state index in [0.29, 0.717) is 0 Å². The van der Waals surface area contributed by atoms with E-state index in [1.165, 1.54) is 6.92 Å². The van der Waals surface area contributed by atoms with Crippen molar-refractivity contribution in [3.8, 4) is 0 Å². The third-order valence-corrected chi connectivity index (χ3v) is 4.35. The van der Waals surface area contributed by atoms with Crippen molar-refractivity contribution in [3.05, 3.63) is 0 Å². The Morgan fingerprint density at radius 3 is 1.88 bits per heavy atom. The van der Waals surface area contributed by atoms with E-state index in [2.05, 4.69) is 0 Å². The average molecular weight is 252 g/mol. The van der Waals surface area contributed by atoms with Gasteiger partial charge in [0.2, 0.25) is 5.85 Å². The number of hydrogen-bond donors (Lipinski definition) is 0. The summed E-state index contributed by atoms with van der Waals surface area (Å²) in [5.74, 6) is -1.46. The van der Waals surface area contributed by atoms with Crippen LogP contribution in [-0.4, -0.2) is 25.0 Å². The minimum atomic E-state index is -3.38. The molecule has 0 aliphatic carbocycles.